The fraction of sp³-hybridized carbons (Fsp3) is 0.625. The third kappa shape index (κ3) is 5.15. The maximum atomic E-state index is 12.9. The average Bonchev–Trinajstić information content (AvgIpc) is 3.17. The summed E-state index contributed by atoms with van der Waals surface area (Å²) in [4.78, 5) is 59.4. The van der Waals surface area contributed by atoms with Crippen molar-refractivity contribution in [2.24, 2.45) is 5.41 Å². The molecule has 3 aliphatic rings. The van der Waals surface area contributed by atoms with Gasteiger partial charge in [-0.2, -0.15) is 0 Å². The lowest BCUT2D eigenvalue weighted by Gasteiger charge is -2.35. The molecule has 184 valence electrons. The standard InChI is InChI=1S/C24H33N5O5/c1-23(2,3)34-22(33)28-13-11-27(12-14-28)20(31)17-6-7-18(25-15-17)29-10-9-24(16-29)8-4-5-19(30)26-21(24)32/h6-7,15H,4-5,8-14,16H2,1-3H3,(H,26,30,32). The van der Waals surface area contributed by atoms with E-state index < -0.39 is 11.0 Å². The Morgan fingerprint density at radius 2 is 1.74 bits per heavy atom. The number of carbonyl (C=O) groups is 4. The predicted molar refractivity (Wildman–Crippen MR) is 124 cm³/mol. The number of pyridine rings is 1. The van der Waals surface area contributed by atoms with Gasteiger partial charge in [0.15, 0.2) is 0 Å². The molecule has 0 bridgehead atoms. The predicted octanol–water partition coefficient (Wildman–Crippen LogP) is 1.80. The first kappa shape index (κ1) is 24.0. The minimum atomic E-state index is -0.559. The van der Waals surface area contributed by atoms with E-state index >= 15 is 0 Å². The average molecular weight is 472 g/mol. The van der Waals surface area contributed by atoms with Crippen LogP contribution in [0.2, 0.25) is 0 Å². The molecular weight excluding hydrogens is 438 g/mol. The third-order valence-corrected chi connectivity index (χ3v) is 6.68. The number of amides is 4. The highest BCUT2D eigenvalue weighted by atomic mass is 16.6. The van der Waals surface area contributed by atoms with E-state index in [-0.39, 0.29) is 23.8 Å². The molecule has 3 fully saturated rings. The zero-order valence-corrected chi connectivity index (χ0v) is 20.1. The van der Waals surface area contributed by atoms with Gasteiger partial charge in [0.2, 0.25) is 11.8 Å². The monoisotopic (exact) mass is 471 g/mol. The zero-order chi connectivity index (χ0) is 24.5. The number of ether oxygens (including phenoxy) is 1. The van der Waals surface area contributed by atoms with Crippen molar-refractivity contribution in [3.63, 3.8) is 0 Å². The van der Waals surface area contributed by atoms with Gasteiger partial charge in [0, 0.05) is 51.9 Å². The minimum Gasteiger partial charge on any atom is -0.444 e. The second-order valence-electron chi connectivity index (χ2n) is 10.3. The molecule has 10 heteroatoms. The van der Waals surface area contributed by atoms with Gasteiger partial charge in [0.1, 0.15) is 11.4 Å². The van der Waals surface area contributed by atoms with Crippen LogP contribution in [0.3, 0.4) is 0 Å². The lowest BCUT2D eigenvalue weighted by molar-refractivity contribution is -0.134. The summed E-state index contributed by atoms with van der Waals surface area (Å²) in [7, 11) is 0. The zero-order valence-electron chi connectivity index (χ0n) is 20.1. The van der Waals surface area contributed by atoms with Crippen LogP contribution < -0.4 is 10.2 Å². The second-order valence-corrected chi connectivity index (χ2v) is 10.3. The molecule has 1 atom stereocenters. The highest BCUT2D eigenvalue weighted by molar-refractivity contribution is 5.99. The van der Waals surface area contributed by atoms with Crippen LogP contribution in [0.15, 0.2) is 18.3 Å². The number of rotatable bonds is 2. The van der Waals surface area contributed by atoms with Crippen molar-refractivity contribution >= 4 is 29.6 Å². The number of hydrogen-bond acceptors (Lipinski definition) is 7. The number of aromatic nitrogens is 1. The first-order chi connectivity index (χ1) is 16.1. The quantitative estimate of drug-likeness (QED) is 0.655. The summed E-state index contributed by atoms with van der Waals surface area (Å²) in [6.07, 6.45) is 3.66. The molecule has 34 heavy (non-hydrogen) atoms. The molecule has 10 nitrogen and oxygen atoms in total. The highest BCUT2D eigenvalue weighted by Gasteiger charge is 2.46. The number of hydrogen-bond donors (Lipinski definition) is 1. The fourth-order valence-corrected chi connectivity index (χ4v) is 4.78. The SMILES string of the molecule is CC(C)(C)OC(=O)N1CCN(C(=O)c2ccc(N3CCC4(CCCC(=O)NC4=O)C3)nc2)CC1. The second kappa shape index (κ2) is 9.23. The molecule has 4 heterocycles. The van der Waals surface area contributed by atoms with E-state index in [1.165, 1.54) is 0 Å². The van der Waals surface area contributed by atoms with E-state index in [9.17, 15) is 19.2 Å². The third-order valence-electron chi connectivity index (χ3n) is 6.68. The van der Waals surface area contributed by atoms with Gasteiger partial charge in [-0.1, -0.05) is 0 Å². The number of imide groups is 1. The Kier molecular flexibility index (Phi) is 6.51. The summed E-state index contributed by atoms with van der Waals surface area (Å²) in [5.41, 5.74) is -0.624. The van der Waals surface area contributed by atoms with Gasteiger partial charge in [-0.05, 0) is 52.2 Å². The molecule has 1 unspecified atom stereocenters. The largest absolute Gasteiger partial charge is 0.444 e. The normalized spacial score (nSPS) is 23.7. The molecular formula is C24H33N5O5. The van der Waals surface area contributed by atoms with Gasteiger partial charge in [-0.3, -0.25) is 19.7 Å². The molecule has 0 aromatic carbocycles. The molecule has 1 aromatic rings. The summed E-state index contributed by atoms with van der Waals surface area (Å²) >= 11 is 0. The van der Waals surface area contributed by atoms with Crippen LogP contribution in [-0.2, 0) is 14.3 Å². The van der Waals surface area contributed by atoms with Crippen molar-refractivity contribution < 1.29 is 23.9 Å². The van der Waals surface area contributed by atoms with Crippen LogP contribution >= 0.6 is 0 Å². The molecule has 0 radical (unpaired) electrons. The number of nitrogens with zero attached hydrogens (tertiary/aromatic N) is 4. The summed E-state index contributed by atoms with van der Waals surface area (Å²) in [5.74, 6) is 0.206. The number of anilines is 1. The molecule has 4 rings (SSSR count). The first-order valence-corrected chi connectivity index (χ1v) is 11.9. The van der Waals surface area contributed by atoms with Crippen molar-refractivity contribution in [2.45, 2.75) is 52.1 Å². The lowest BCUT2D eigenvalue weighted by atomic mass is 9.82. The maximum Gasteiger partial charge on any atom is 0.410 e. The van der Waals surface area contributed by atoms with Crippen molar-refractivity contribution in [3.05, 3.63) is 23.9 Å². The van der Waals surface area contributed by atoms with E-state index in [4.69, 9.17) is 4.74 Å². The molecule has 1 N–H and O–H groups in total. The van der Waals surface area contributed by atoms with Gasteiger partial charge < -0.3 is 19.4 Å². The van der Waals surface area contributed by atoms with Crippen LogP contribution in [0.1, 0.15) is 56.8 Å². The van der Waals surface area contributed by atoms with Crippen molar-refractivity contribution in [2.75, 3.05) is 44.2 Å². The van der Waals surface area contributed by atoms with Crippen molar-refractivity contribution in [1.82, 2.24) is 20.1 Å². The molecule has 4 amide bonds. The van der Waals surface area contributed by atoms with Gasteiger partial charge in [-0.25, -0.2) is 9.78 Å². The van der Waals surface area contributed by atoms with Crippen LogP contribution in [0.25, 0.3) is 0 Å². The molecule has 1 spiro atoms. The smallest absolute Gasteiger partial charge is 0.410 e. The Hall–Kier alpha value is -3.17. The van der Waals surface area contributed by atoms with E-state index in [1.54, 1.807) is 22.1 Å². The molecule has 0 saturated carbocycles. The Morgan fingerprint density at radius 1 is 1.03 bits per heavy atom. The van der Waals surface area contributed by atoms with Gasteiger partial charge in [0.05, 0.1) is 11.0 Å². The fourth-order valence-electron chi connectivity index (χ4n) is 4.78. The molecule has 0 aliphatic carbocycles. The van der Waals surface area contributed by atoms with Gasteiger partial charge in [-0.15, -0.1) is 0 Å². The van der Waals surface area contributed by atoms with Crippen LogP contribution in [-0.4, -0.2) is 83.5 Å². The maximum absolute atomic E-state index is 12.9. The molecule has 1 aromatic heterocycles. The Bertz CT molecular complexity index is 965. The number of piperazine rings is 1. The highest BCUT2D eigenvalue weighted by Crippen LogP contribution is 2.38. The van der Waals surface area contributed by atoms with E-state index in [1.807, 2.05) is 31.7 Å². The molecule has 3 saturated heterocycles. The van der Waals surface area contributed by atoms with Crippen LogP contribution in [0.5, 0.6) is 0 Å². The number of nitrogens with one attached hydrogen (secondary N) is 1. The Morgan fingerprint density at radius 3 is 2.38 bits per heavy atom. The molecule has 3 aliphatic heterocycles. The Balaban J connectivity index is 1.33. The van der Waals surface area contributed by atoms with E-state index in [0.29, 0.717) is 76.3 Å². The van der Waals surface area contributed by atoms with Crippen LogP contribution in [0, 0.1) is 5.41 Å². The minimum absolute atomic E-state index is 0.123. The summed E-state index contributed by atoms with van der Waals surface area (Å²) in [5, 5.41) is 2.52. The van der Waals surface area contributed by atoms with E-state index in [2.05, 4.69) is 10.3 Å². The summed E-state index contributed by atoms with van der Waals surface area (Å²) in [6, 6.07) is 3.57. The summed E-state index contributed by atoms with van der Waals surface area (Å²) in [6.45, 7) is 8.39. The summed E-state index contributed by atoms with van der Waals surface area (Å²) < 4.78 is 5.41. The van der Waals surface area contributed by atoms with Crippen molar-refractivity contribution in [1.29, 1.82) is 0 Å². The lowest BCUT2D eigenvalue weighted by Crippen LogP contribution is -2.51. The first-order valence-electron chi connectivity index (χ1n) is 11.9. The van der Waals surface area contributed by atoms with Gasteiger partial charge >= 0.3 is 6.09 Å². The van der Waals surface area contributed by atoms with E-state index in [0.717, 1.165) is 0 Å². The van der Waals surface area contributed by atoms with Crippen LogP contribution in [0.4, 0.5) is 10.6 Å². The Labute approximate surface area is 199 Å². The number of carbonyl (C=O) groups excluding carboxylic acids is 4. The topological polar surface area (TPSA) is 112 Å². The van der Waals surface area contributed by atoms with Crippen molar-refractivity contribution in [3.8, 4) is 0 Å². The van der Waals surface area contributed by atoms with Gasteiger partial charge in [0.25, 0.3) is 5.91 Å².